The van der Waals surface area contributed by atoms with Crippen LogP contribution in [0.4, 0.5) is 10.2 Å². The van der Waals surface area contributed by atoms with Gasteiger partial charge in [0, 0.05) is 42.7 Å². The van der Waals surface area contributed by atoms with Crippen LogP contribution in [-0.2, 0) is 33.8 Å². The number of carbonyl (C=O) groups is 1. The van der Waals surface area contributed by atoms with E-state index in [-0.39, 0.29) is 34.9 Å². The number of carbonyl (C=O) groups excluding carboxylic acids is 1. The molecule has 0 saturated heterocycles. The van der Waals surface area contributed by atoms with Crippen LogP contribution in [0.2, 0.25) is 5.15 Å². The number of hydrogen-bond donors (Lipinski definition) is 2. The molecule has 0 fully saturated rings. The SMILES string of the molecule is [B]C1([B])c2cn(C)nc2-c2ccc(F)cc2[C@@]([B])(C)Oc2cc(cnc2NCOC(=O)C(N)C(C)CC)-c2c1c(Cl)nn2CC. The van der Waals surface area contributed by atoms with Gasteiger partial charge in [-0.05, 0) is 60.4 Å². The Hall–Kier alpha value is -3.77. The third-order valence-electron chi connectivity index (χ3n) is 8.10. The number of hydrogen-bond acceptors (Lipinski definition) is 8. The zero-order chi connectivity index (χ0) is 32.8. The predicted molar refractivity (Wildman–Crippen MR) is 173 cm³/mol. The number of anilines is 1. The summed E-state index contributed by atoms with van der Waals surface area (Å²) in [7, 11) is 22.5. The van der Waals surface area contributed by atoms with Gasteiger partial charge in [-0.15, -0.1) is 0 Å². The Labute approximate surface area is 270 Å². The Balaban J connectivity index is 1.71. The maximum Gasteiger partial charge on any atom is 0.324 e. The van der Waals surface area contributed by atoms with Crippen molar-refractivity contribution in [2.45, 2.75) is 57.4 Å². The van der Waals surface area contributed by atoms with Gasteiger partial charge in [0.05, 0.1) is 32.6 Å². The van der Waals surface area contributed by atoms with E-state index in [1.165, 1.54) is 12.1 Å². The van der Waals surface area contributed by atoms with Gasteiger partial charge in [-0.1, -0.05) is 31.9 Å². The predicted octanol–water partition coefficient (Wildman–Crippen LogP) is 3.72. The highest BCUT2D eigenvalue weighted by atomic mass is 35.5. The number of benzene rings is 1. The zero-order valence-electron chi connectivity index (χ0n) is 25.8. The molecule has 0 aliphatic carbocycles. The largest absolute Gasteiger partial charge is 0.489 e. The normalized spacial score (nSPS) is 18.2. The summed E-state index contributed by atoms with van der Waals surface area (Å²) in [6.07, 6.45) is 3.95. The molecule has 0 saturated carbocycles. The van der Waals surface area contributed by atoms with Crippen molar-refractivity contribution in [2.24, 2.45) is 18.7 Å². The number of aromatic nitrogens is 5. The van der Waals surface area contributed by atoms with Crippen molar-refractivity contribution in [3.8, 4) is 28.3 Å². The highest BCUT2D eigenvalue weighted by Crippen LogP contribution is 2.46. The maximum atomic E-state index is 14.8. The molecular formula is C30H32B3ClFN7O3. The third kappa shape index (κ3) is 5.97. The van der Waals surface area contributed by atoms with Gasteiger partial charge >= 0.3 is 5.97 Å². The van der Waals surface area contributed by atoms with E-state index < -0.39 is 28.5 Å². The summed E-state index contributed by atoms with van der Waals surface area (Å²) >= 11 is 6.75. The van der Waals surface area contributed by atoms with E-state index in [1.807, 2.05) is 20.8 Å². The summed E-state index contributed by atoms with van der Waals surface area (Å²) in [5, 5.41) is 10.5. The average Bonchev–Trinajstić information content (AvgIpc) is 3.56. The molecule has 4 aromatic rings. The molecule has 1 aliphatic heterocycles. The molecule has 3 aromatic heterocycles. The number of ether oxygens (including phenoxy) is 2. The van der Waals surface area contributed by atoms with Crippen LogP contribution in [0.15, 0.2) is 36.7 Å². The second-order valence-electron chi connectivity index (χ2n) is 11.4. The fourth-order valence-electron chi connectivity index (χ4n) is 5.41. The van der Waals surface area contributed by atoms with Gasteiger partial charge in [0.25, 0.3) is 0 Å². The number of nitrogens with zero attached hydrogens (tertiary/aromatic N) is 5. The first-order valence-corrected chi connectivity index (χ1v) is 14.9. The monoisotopic (exact) mass is 625 g/mol. The van der Waals surface area contributed by atoms with Gasteiger partial charge in [0.15, 0.2) is 23.5 Å². The lowest BCUT2D eigenvalue weighted by molar-refractivity contribution is -0.145. The summed E-state index contributed by atoms with van der Waals surface area (Å²) in [6, 6.07) is 4.98. The first kappa shape index (κ1) is 32.6. The Kier molecular flexibility index (Phi) is 8.85. The minimum absolute atomic E-state index is 0.0629. The molecule has 2 bridgehead atoms. The zero-order valence-corrected chi connectivity index (χ0v) is 26.5. The standard InChI is InChI=1S/C30H32B3ClFN7O3/c1-6-15(3)23(36)28(43)44-14-38-27-21-10-16(12-37-27)25-22(26(34)40-42(25)7-2)30(32,33)20-13-41(5)39-24(20)18-9-8-17(35)11-19(18)29(4,31)45-21/h8-13,15,23H,6-7,14,36H2,1-5H3,(H,37,38)/t15?,23?,29-/m1/s1. The van der Waals surface area contributed by atoms with Gasteiger partial charge in [0.1, 0.15) is 19.7 Å². The maximum absolute atomic E-state index is 14.8. The lowest BCUT2D eigenvalue weighted by Gasteiger charge is -2.33. The van der Waals surface area contributed by atoms with Gasteiger partial charge in [-0.3, -0.25) is 14.2 Å². The molecule has 15 heteroatoms. The molecule has 45 heavy (non-hydrogen) atoms. The number of nitrogens with two attached hydrogens (primary N) is 1. The molecule has 4 heterocycles. The average molecular weight is 626 g/mol. The van der Waals surface area contributed by atoms with Crippen molar-refractivity contribution in [1.82, 2.24) is 24.5 Å². The number of aryl methyl sites for hydroxylation is 2. The summed E-state index contributed by atoms with van der Waals surface area (Å²) in [6.45, 7) is 7.45. The smallest absolute Gasteiger partial charge is 0.324 e. The van der Waals surface area contributed by atoms with Gasteiger partial charge in [0.2, 0.25) is 0 Å². The minimum atomic E-state index is -1.72. The van der Waals surface area contributed by atoms with Crippen molar-refractivity contribution in [2.75, 3.05) is 12.0 Å². The van der Waals surface area contributed by atoms with E-state index in [0.717, 1.165) is 6.42 Å². The van der Waals surface area contributed by atoms with E-state index in [0.29, 0.717) is 40.2 Å². The van der Waals surface area contributed by atoms with Crippen LogP contribution in [-0.4, -0.2) is 66.8 Å². The van der Waals surface area contributed by atoms with Crippen LogP contribution in [0.3, 0.4) is 0 Å². The lowest BCUT2D eigenvalue weighted by Crippen LogP contribution is -2.38. The topological polar surface area (TPSA) is 122 Å². The van der Waals surface area contributed by atoms with Crippen LogP contribution >= 0.6 is 11.6 Å². The minimum Gasteiger partial charge on any atom is -0.489 e. The van der Waals surface area contributed by atoms with Crippen molar-refractivity contribution in [1.29, 1.82) is 0 Å². The highest BCUT2D eigenvalue weighted by Gasteiger charge is 2.38. The third-order valence-corrected chi connectivity index (χ3v) is 8.36. The van der Waals surface area contributed by atoms with E-state index >= 15 is 0 Å². The fraction of sp³-hybridized carbons (Fsp3) is 0.400. The molecule has 6 radical (unpaired) electrons. The summed E-state index contributed by atoms with van der Waals surface area (Å²) in [4.78, 5) is 17.1. The van der Waals surface area contributed by atoms with E-state index in [4.69, 9.17) is 50.3 Å². The van der Waals surface area contributed by atoms with Crippen molar-refractivity contribution in [3.63, 3.8) is 0 Å². The Bertz CT molecular complexity index is 1760. The Morgan fingerprint density at radius 2 is 1.96 bits per heavy atom. The van der Waals surface area contributed by atoms with Crippen molar-refractivity contribution >= 4 is 46.9 Å². The summed E-state index contributed by atoms with van der Waals surface area (Å²) < 4.78 is 29.8. The molecule has 1 aromatic carbocycles. The van der Waals surface area contributed by atoms with E-state index in [1.54, 1.807) is 47.9 Å². The molecule has 0 spiro atoms. The molecule has 5 rings (SSSR count). The quantitative estimate of drug-likeness (QED) is 0.181. The van der Waals surface area contributed by atoms with Crippen LogP contribution in [0.1, 0.15) is 50.8 Å². The van der Waals surface area contributed by atoms with E-state index in [9.17, 15) is 9.18 Å². The number of esters is 1. The molecule has 3 N–H and O–H groups in total. The molecule has 10 nitrogen and oxygen atoms in total. The number of pyridine rings is 1. The molecule has 2 unspecified atom stereocenters. The van der Waals surface area contributed by atoms with Gasteiger partial charge in [-0.25, -0.2) is 9.37 Å². The van der Waals surface area contributed by atoms with Crippen molar-refractivity contribution in [3.05, 3.63) is 64.3 Å². The van der Waals surface area contributed by atoms with Crippen molar-refractivity contribution < 1.29 is 18.7 Å². The second-order valence-corrected chi connectivity index (χ2v) is 11.8. The first-order chi connectivity index (χ1) is 21.2. The Morgan fingerprint density at radius 3 is 2.64 bits per heavy atom. The molecular weight excluding hydrogens is 593 g/mol. The van der Waals surface area contributed by atoms with Crippen LogP contribution < -0.4 is 15.8 Å². The Morgan fingerprint density at radius 1 is 1.22 bits per heavy atom. The fourth-order valence-corrected chi connectivity index (χ4v) is 5.74. The van der Waals surface area contributed by atoms with Gasteiger partial charge in [-0.2, -0.15) is 10.2 Å². The van der Waals surface area contributed by atoms with Gasteiger partial charge < -0.3 is 20.5 Å². The van der Waals surface area contributed by atoms with Crippen LogP contribution in [0.5, 0.6) is 5.75 Å². The molecule has 1 aliphatic rings. The van der Waals surface area contributed by atoms with E-state index in [2.05, 4.69) is 20.5 Å². The lowest BCUT2D eigenvalue weighted by atomic mass is 9.47. The summed E-state index contributed by atoms with van der Waals surface area (Å²) in [5.41, 5.74) is 7.15. The molecule has 0 amide bonds. The molecule has 3 atom stereocenters. The first-order valence-electron chi connectivity index (χ1n) is 14.5. The van der Waals surface area contributed by atoms with Crippen LogP contribution in [0.25, 0.3) is 22.5 Å². The number of nitrogens with one attached hydrogen (secondary N) is 1. The summed E-state index contributed by atoms with van der Waals surface area (Å²) in [5.74, 6) is -0.828. The molecule has 228 valence electrons. The highest BCUT2D eigenvalue weighted by molar-refractivity contribution is 6.45. The van der Waals surface area contributed by atoms with Crippen LogP contribution in [0, 0.1) is 11.7 Å². The number of halogens is 2. The second kappa shape index (κ2) is 12.2. The number of rotatable bonds is 7. The number of fused-ring (bicyclic) bond motifs is 7.